The molecule has 2 N–H and O–H groups in total. The summed E-state index contributed by atoms with van der Waals surface area (Å²) in [6, 6.07) is 15.6. The van der Waals surface area contributed by atoms with Gasteiger partial charge in [0.15, 0.2) is 11.5 Å². The number of piperazine rings is 1. The molecule has 0 spiro atoms. The first kappa shape index (κ1) is 18.2. The molecule has 1 amide bonds. The average Bonchev–Trinajstić information content (AvgIpc) is 2.70. The van der Waals surface area contributed by atoms with Crippen molar-refractivity contribution in [2.45, 2.75) is 18.1 Å². The molecule has 0 saturated carbocycles. The van der Waals surface area contributed by atoms with Crippen LogP contribution in [-0.4, -0.2) is 58.0 Å². The molecule has 28 heavy (non-hydrogen) atoms. The lowest BCUT2D eigenvalue weighted by Gasteiger charge is -2.44. The number of likely N-dealkylation sites (N-methyl/N-ethyl adjacent to an activating group) is 1. The second-order valence-electron chi connectivity index (χ2n) is 6.98. The maximum absolute atomic E-state index is 13.5. The molecule has 2 aliphatic rings. The summed E-state index contributed by atoms with van der Waals surface area (Å²) in [6.07, 6.45) is -0.111. The van der Waals surface area contributed by atoms with Crippen LogP contribution in [0.1, 0.15) is 17.0 Å². The minimum absolute atomic E-state index is 0.0307. The largest absolute Gasteiger partial charge is 0.507 e. The number of carbonyl (C=O) groups excluding carboxylic acids is 1. The molecule has 0 radical (unpaired) electrons. The van der Waals surface area contributed by atoms with Crippen molar-refractivity contribution in [1.29, 1.82) is 0 Å². The molecule has 0 aliphatic carbocycles. The van der Waals surface area contributed by atoms with Crippen molar-refractivity contribution in [2.24, 2.45) is 5.10 Å². The van der Waals surface area contributed by atoms with Gasteiger partial charge in [-0.05, 0) is 23.3 Å². The molecule has 144 valence electrons. The highest BCUT2D eigenvalue weighted by Gasteiger charge is 2.44. The van der Waals surface area contributed by atoms with Crippen molar-refractivity contribution in [3.05, 3.63) is 83.0 Å². The Morgan fingerprint density at radius 1 is 1.11 bits per heavy atom. The smallest absolute Gasteiger partial charge is 0.275 e. The number of aliphatic hydroxyl groups is 2. The number of hydrazone groups is 1. The third-order valence-corrected chi connectivity index (χ3v) is 5.18. The Morgan fingerprint density at radius 3 is 2.43 bits per heavy atom. The molecule has 3 atom stereocenters. The number of nitrogens with zero attached hydrogens (tertiary/aromatic N) is 3. The van der Waals surface area contributed by atoms with Crippen LogP contribution in [0.25, 0.3) is 0 Å². The third-order valence-electron chi connectivity index (χ3n) is 5.18. The third kappa shape index (κ3) is 3.03. The van der Waals surface area contributed by atoms with Gasteiger partial charge in [-0.1, -0.05) is 42.5 Å². The Kier molecular flexibility index (Phi) is 4.60. The number of amides is 1. The van der Waals surface area contributed by atoms with Crippen LogP contribution in [0.15, 0.2) is 71.2 Å². The minimum Gasteiger partial charge on any atom is -0.507 e. The lowest BCUT2D eigenvalue weighted by atomic mass is 9.83. The second-order valence-corrected chi connectivity index (χ2v) is 6.98. The minimum atomic E-state index is -1.32. The standard InChI is InChI=1S/C21H20FN3O3/c1-24-12-16(25-19(21(24)28)20(27)17(26)11-23-25)18(13-5-3-2-4-6-13)14-7-9-15(22)10-8-14/h2-11,16-18,26-27H,12H2,1H3. The van der Waals surface area contributed by atoms with Crippen molar-refractivity contribution in [3.8, 4) is 0 Å². The Bertz CT molecular complexity index is 943. The van der Waals surface area contributed by atoms with Crippen molar-refractivity contribution >= 4 is 12.1 Å². The van der Waals surface area contributed by atoms with E-state index in [-0.39, 0.29) is 23.5 Å². The van der Waals surface area contributed by atoms with Gasteiger partial charge >= 0.3 is 0 Å². The molecule has 1 saturated heterocycles. The lowest BCUT2D eigenvalue weighted by molar-refractivity contribution is -0.132. The predicted molar refractivity (Wildman–Crippen MR) is 102 cm³/mol. The van der Waals surface area contributed by atoms with Crippen LogP contribution in [0.2, 0.25) is 0 Å². The molecule has 2 aromatic carbocycles. The van der Waals surface area contributed by atoms with Crippen molar-refractivity contribution in [3.63, 3.8) is 0 Å². The van der Waals surface area contributed by atoms with Crippen molar-refractivity contribution < 1.29 is 19.4 Å². The zero-order valence-corrected chi connectivity index (χ0v) is 15.2. The van der Waals surface area contributed by atoms with Gasteiger partial charge in [-0.2, -0.15) is 5.10 Å². The Labute approximate surface area is 161 Å². The summed E-state index contributed by atoms with van der Waals surface area (Å²) < 4.78 is 13.5. The highest BCUT2D eigenvalue weighted by Crippen LogP contribution is 2.37. The summed E-state index contributed by atoms with van der Waals surface area (Å²) >= 11 is 0. The molecule has 2 aliphatic heterocycles. The summed E-state index contributed by atoms with van der Waals surface area (Å²) in [7, 11) is 1.64. The van der Waals surface area contributed by atoms with Gasteiger partial charge in [0.1, 0.15) is 11.9 Å². The fourth-order valence-corrected chi connectivity index (χ4v) is 3.82. The zero-order chi connectivity index (χ0) is 19.8. The molecule has 0 bridgehead atoms. The van der Waals surface area contributed by atoms with E-state index in [0.717, 1.165) is 11.1 Å². The predicted octanol–water partition coefficient (Wildman–Crippen LogP) is 2.23. The first-order valence-corrected chi connectivity index (χ1v) is 8.97. The molecule has 2 aromatic rings. The van der Waals surface area contributed by atoms with E-state index in [1.54, 1.807) is 19.2 Å². The van der Waals surface area contributed by atoms with E-state index >= 15 is 0 Å². The topological polar surface area (TPSA) is 76.4 Å². The molecule has 1 fully saturated rings. The summed E-state index contributed by atoms with van der Waals surface area (Å²) in [5.74, 6) is -1.39. The number of halogens is 1. The maximum atomic E-state index is 13.5. The molecule has 2 heterocycles. The summed E-state index contributed by atoms with van der Waals surface area (Å²) in [5, 5.41) is 26.0. The van der Waals surface area contributed by atoms with Crippen LogP contribution in [0.5, 0.6) is 0 Å². The van der Waals surface area contributed by atoms with Crippen LogP contribution in [0, 0.1) is 5.82 Å². The number of hydrogen-bond acceptors (Lipinski definition) is 5. The van der Waals surface area contributed by atoms with E-state index in [9.17, 15) is 19.4 Å². The Hall–Kier alpha value is -3.19. The van der Waals surface area contributed by atoms with Crippen molar-refractivity contribution in [2.75, 3.05) is 13.6 Å². The maximum Gasteiger partial charge on any atom is 0.275 e. The van der Waals surface area contributed by atoms with E-state index < -0.39 is 17.8 Å². The van der Waals surface area contributed by atoms with E-state index in [1.807, 2.05) is 30.3 Å². The van der Waals surface area contributed by atoms with Crippen LogP contribution in [0.4, 0.5) is 4.39 Å². The van der Waals surface area contributed by atoms with Gasteiger partial charge in [0, 0.05) is 19.5 Å². The van der Waals surface area contributed by atoms with E-state index in [0.29, 0.717) is 6.54 Å². The van der Waals surface area contributed by atoms with Gasteiger partial charge in [0.25, 0.3) is 5.91 Å². The number of fused-ring (bicyclic) bond motifs is 1. The Morgan fingerprint density at radius 2 is 1.75 bits per heavy atom. The fraction of sp³-hybridized carbons (Fsp3) is 0.238. The fourth-order valence-electron chi connectivity index (χ4n) is 3.82. The number of benzene rings is 2. The first-order valence-electron chi connectivity index (χ1n) is 8.97. The lowest BCUT2D eigenvalue weighted by Crippen LogP contribution is -2.55. The Balaban J connectivity index is 1.85. The summed E-state index contributed by atoms with van der Waals surface area (Å²) in [5.41, 5.74) is 1.80. The number of carbonyl (C=O) groups is 1. The molecule has 0 aromatic heterocycles. The molecule has 4 rings (SSSR count). The zero-order valence-electron chi connectivity index (χ0n) is 15.2. The molecule has 7 heteroatoms. The van der Waals surface area contributed by atoms with Gasteiger partial charge in [-0.25, -0.2) is 4.39 Å². The van der Waals surface area contributed by atoms with Gasteiger partial charge in [-0.15, -0.1) is 0 Å². The van der Waals surface area contributed by atoms with Crippen LogP contribution in [0.3, 0.4) is 0 Å². The van der Waals surface area contributed by atoms with Gasteiger partial charge in [0.05, 0.1) is 12.3 Å². The second kappa shape index (κ2) is 7.09. The monoisotopic (exact) mass is 381 g/mol. The number of rotatable bonds is 3. The highest BCUT2D eigenvalue weighted by molar-refractivity contribution is 5.95. The average molecular weight is 381 g/mol. The summed E-state index contributed by atoms with van der Waals surface area (Å²) in [6.45, 7) is 0.347. The molecule has 6 nitrogen and oxygen atoms in total. The quantitative estimate of drug-likeness (QED) is 0.855. The van der Waals surface area contributed by atoms with E-state index in [4.69, 9.17) is 0 Å². The first-order chi connectivity index (χ1) is 13.5. The van der Waals surface area contributed by atoms with Gasteiger partial charge in [-0.3, -0.25) is 9.80 Å². The van der Waals surface area contributed by atoms with Gasteiger partial charge < -0.3 is 15.1 Å². The molecular weight excluding hydrogens is 361 g/mol. The normalized spacial score (nSPS) is 23.0. The molecule has 3 unspecified atom stereocenters. The SMILES string of the molecule is CN1CC(C(c2ccccc2)c2ccc(F)cc2)N2N=CC(O)C(O)=C2C1=O. The summed E-state index contributed by atoms with van der Waals surface area (Å²) in [4.78, 5) is 14.1. The van der Waals surface area contributed by atoms with Crippen LogP contribution >= 0.6 is 0 Å². The van der Waals surface area contributed by atoms with Crippen molar-refractivity contribution in [1.82, 2.24) is 9.91 Å². The van der Waals surface area contributed by atoms with E-state index in [1.165, 1.54) is 28.3 Å². The van der Waals surface area contributed by atoms with Crippen LogP contribution in [-0.2, 0) is 4.79 Å². The van der Waals surface area contributed by atoms with Crippen LogP contribution < -0.4 is 0 Å². The highest BCUT2D eigenvalue weighted by atomic mass is 19.1. The van der Waals surface area contributed by atoms with Gasteiger partial charge in [0.2, 0.25) is 0 Å². The number of hydrogen-bond donors (Lipinski definition) is 2. The molecular formula is C21H20FN3O3. The van der Waals surface area contributed by atoms with E-state index in [2.05, 4.69) is 5.10 Å². The number of aliphatic hydroxyl groups excluding tert-OH is 2.